The SMILES string of the molecule is Cc1cnc(Cl)c2c1[nH]c1ccc(OC(=O)c3ccc(Cl)cc3)cc12. The Kier molecular flexibility index (Phi) is 3.86. The van der Waals surface area contributed by atoms with E-state index in [-0.39, 0.29) is 0 Å². The van der Waals surface area contributed by atoms with Crippen molar-refractivity contribution in [3.63, 3.8) is 0 Å². The number of rotatable bonds is 2. The van der Waals surface area contributed by atoms with Crippen LogP contribution in [0, 0.1) is 6.92 Å². The summed E-state index contributed by atoms with van der Waals surface area (Å²) in [6.07, 6.45) is 1.72. The summed E-state index contributed by atoms with van der Waals surface area (Å²) in [7, 11) is 0. The molecule has 0 saturated heterocycles. The van der Waals surface area contributed by atoms with Crippen molar-refractivity contribution in [1.82, 2.24) is 9.97 Å². The Bertz CT molecular complexity index is 1120. The van der Waals surface area contributed by atoms with Gasteiger partial charge >= 0.3 is 5.97 Å². The number of benzene rings is 2. The molecule has 6 heteroatoms. The minimum Gasteiger partial charge on any atom is -0.423 e. The molecule has 0 aliphatic rings. The van der Waals surface area contributed by atoms with E-state index in [1.807, 2.05) is 13.0 Å². The Morgan fingerprint density at radius 3 is 2.64 bits per heavy atom. The van der Waals surface area contributed by atoms with Gasteiger partial charge in [-0.1, -0.05) is 23.2 Å². The molecule has 0 aliphatic heterocycles. The third-order valence-electron chi connectivity index (χ3n) is 4.03. The van der Waals surface area contributed by atoms with E-state index in [9.17, 15) is 4.79 Å². The van der Waals surface area contributed by atoms with E-state index in [0.29, 0.717) is 21.5 Å². The highest BCUT2D eigenvalue weighted by molar-refractivity contribution is 6.37. The molecule has 0 aliphatic carbocycles. The molecule has 4 nitrogen and oxygen atoms in total. The fraction of sp³-hybridized carbons (Fsp3) is 0.0526. The Morgan fingerprint density at radius 2 is 1.88 bits per heavy atom. The first-order chi connectivity index (χ1) is 12.0. The number of nitrogens with zero attached hydrogens (tertiary/aromatic N) is 1. The molecule has 1 N–H and O–H groups in total. The number of aryl methyl sites for hydroxylation is 1. The van der Waals surface area contributed by atoms with Gasteiger partial charge in [0.2, 0.25) is 0 Å². The highest BCUT2D eigenvalue weighted by atomic mass is 35.5. The van der Waals surface area contributed by atoms with Crippen LogP contribution in [0.5, 0.6) is 5.75 Å². The Morgan fingerprint density at radius 1 is 1.12 bits per heavy atom. The number of hydrogen-bond donors (Lipinski definition) is 1. The molecular weight excluding hydrogens is 359 g/mol. The number of halogens is 2. The molecule has 25 heavy (non-hydrogen) atoms. The summed E-state index contributed by atoms with van der Waals surface area (Å²) in [5, 5.41) is 2.65. The van der Waals surface area contributed by atoms with Crippen molar-refractivity contribution in [3.8, 4) is 5.75 Å². The average molecular weight is 371 g/mol. The molecule has 0 amide bonds. The molecule has 0 spiro atoms. The molecule has 0 fully saturated rings. The van der Waals surface area contributed by atoms with Crippen LogP contribution in [0.1, 0.15) is 15.9 Å². The fourth-order valence-electron chi connectivity index (χ4n) is 2.78. The number of H-pyrrole nitrogens is 1. The summed E-state index contributed by atoms with van der Waals surface area (Å²) in [6.45, 7) is 1.96. The Balaban J connectivity index is 1.76. The standard InChI is InChI=1S/C19H12Cl2N2O2/c1-10-9-22-18(21)16-14-8-13(6-7-15(14)23-17(10)16)25-19(24)11-2-4-12(20)5-3-11/h2-9,23H,1H3. The van der Waals surface area contributed by atoms with Crippen molar-refractivity contribution < 1.29 is 9.53 Å². The number of aromatic amines is 1. The quantitative estimate of drug-likeness (QED) is 0.286. The lowest BCUT2D eigenvalue weighted by Crippen LogP contribution is -2.08. The van der Waals surface area contributed by atoms with Gasteiger partial charge in [-0.2, -0.15) is 0 Å². The van der Waals surface area contributed by atoms with Crippen LogP contribution in [-0.4, -0.2) is 15.9 Å². The van der Waals surface area contributed by atoms with Gasteiger partial charge in [-0.25, -0.2) is 9.78 Å². The van der Waals surface area contributed by atoms with E-state index in [1.165, 1.54) is 0 Å². The fourth-order valence-corrected chi connectivity index (χ4v) is 3.15. The number of esters is 1. The smallest absolute Gasteiger partial charge is 0.343 e. The first kappa shape index (κ1) is 15.9. The van der Waals surface area contributed by atoms with E-state index in [2.05, 4.69) is 9.97 Å². The van der Waals surface area contributed by atoms with Gasteiger partial charge in [-0.3, -0.25) is 0 Å². The largest absolute Gasteiger partial charge is 0.423 e. The van der Waals surface area contributed by atoms with Crippen molar-refractivity contribution in [2.24, 2.45) is 0 Å². The number of hydrogen-bond acceptors (Lipinski definition) is 3. The number of fused-ring (bicyclic) bond motifs is 3. The summed E-state index contributed by atoms with van der Waals surface area (Å²) in [6, 6.07) is 11.9. The van der Waals surface area contributed by atoms with Gasteiger partial charge in [-0.15, -0.1) is 0 Å². The zero-order valence-electron chi connectivity index (χ0n) is 13.1. The van der Waals surface area contributed by atoms with Crippen LogP contribution in [0.25, 0.3) is 21.8 Å². The molecular formula is C19H12Cl2N2O2. The van der Waals surface area contributed by atoms with Gasteiger partial charge in [0.25, 0.3) is 0 Å². The van der Waals surface area contributed by atoms with E-state index in [0.717, 1.165) is 27.4 Å². The van der Waals surface area contributed by atoms with Crippen molar-refractivity contribution in [2.75, 3.05) is 0 Å². The molecule has 0 atom stereocenters. The van der Waals surface area contributed by atoms with Gasteiger partial charge in [0.05, 0.1) is 11.1 Å². The predicted octanol–water partition coefficient (Wildman–Crippen LogP) is 5.55. The summed E-state index contributed by atoms with van der Waals surface area (Å²) in [4.78, 5) is 19.8. The van der Waals surface area contributed by atoms with Gasteiger partial charge in [0.1, 0.15) is 10.9 Å². The van der Waals surface area contributed by atoms with Crippen LogP contribution in [0.4, 0.5) is 0 Å². The minimum absolute atomic E-state index is 0.410. The Labute approximate surface area is 153 Å². The Hall–Kier alpha value is -2.56. The molecule has 0 radical (unpaired) electrons. The van der Waals surface area contributed by atoms with Crippen molar-refractivity contribution in [1.29, 1.82) is 0 Å². The number of nitrogens with one attached hydrogen (secondary N) is 1. The maximum atomic E-state index is 12.3. The second-order valence-electron chi connectivity index (χ2n) is 5.71. The second-order valence-corrected chi connectivity index (χ2v) is 6.51. The lowest BCUT2D eigenvalue weighted by atomic mass is 10.1. The third kappa shape index (κ3) is 2.84. The van der Waals surface area contributed by atoms with E-state index < -0.39 is 5.97 Å². The maximum absolute atomic E-state index is 12.3. The zero-order chi connectivity index (χ0) is 17.6. The van der Waals surface area contributed by atoms with Gasteiger partial charge in [-0.05, 0) is 55.0 Å². The molecule has 2 aromatic heterocycles. The summed E-state index contributed by atoms with van der Waals surface area (Å²) < 4.78 is 5.48. The lowest BCUT2D eigenvalue weighted by Gasteiger charge is -2.05. The van der Waals surface area contributed by atoms with E-state index >= 15 is 0 Å². The molecule has 2 aromatic carbocycles. The van der Waals surface area contributed by atoms with Gasteiger partial charge in [0, 0.05) is 27.5 Å². The molecule has 124 valence electrons. The van der Waals surface area contributed by atoms with Crippen LogP contribution < -0.4 is 4.74 Å². The van der Waals surface area contributed by atoms with Crippen molar-refractivity contribution in [3.05, 3.63) is 70.0 Å². The van der Waals surface area contributed by atoms with Crippen LogP contribution in [0.3, 0.4) is 0 Å². The summed E-state index contributed by atoms with van der Waals surface area (Å²) in [5.41, 5.74) is 3.25. The average Bonchev–Trinajstić information content (AvgIpc) is 2.99. The molecule has 4 rings (SSSR count). The summed E-state index contributed by atoms with van der Waals surface area (Å²) >= 11 is 12.1. The highest BCUT2D eigenvalue weighted by Crippen LogP contribution is 2.34. The van der Waals surface area contributed by atoms with Gasteiger partial charge < -0.3 is 9.72 Å². The van der Waals surface area contributed by atoms with E-state index in [1.54, 1.807) is 42.6 Å². The molecule has 4 aromatic rings. The van der Waals surface area contributed by atoms with E-state index in [4.69, 9.17) is 27.9 Å². The molecule has 0 saturated carbocycles. The monoisotopic (exact) mass is 370 g/mol. The van der Waals surface area contributed by atoms with Crippen LogP contribution in [0.15, 0.2) is 48.7 Å². The maximum Gasteiger partial charge on any atom is 0.343 e. The number of carbonyl (C=O) groups excluding carboxylic acids is 1. The van der Waals surface area contributed by atoms with Crippen LogP contribution >= 0.6 is 23.2 Å². The predicted molar refractivity (Wildman–Crippen MR) is 99.8 cm³/mol. The molecule has 2 heterocycles. The van der Waals surface area contributed by atoms with Crippen LogP contribution in [0.2, 0.25) is 10.2 Å². The first-order valence-corrected chi connectivity index (χ1v) is 8.33. The first-order valence-electron chi connectivity index (χ1n) is 7.57. The minimum atomic E-state index is -0.448. The number of pyridine rings is 1. The molecule has 0 bridgehead atoms. The highest BCUT2D eigenvalue weighted by Gasteiger charge is 2.14. The number of ether oxygens (including phenoxy) is 1. The molecule has 0 unspecified atom stereocenters. The van der Waals surface area contributed by atoms with Crippen LogP contribution in [-0.2, 0) is 0 Å². The second kappa shape index (κ2) is 6.06. The van der Waals surface area contributed by atoms with Crippen molar-refractivity contribution in [2.45, 2.75) is 6.92 Å². The number of carbonyl (C=O) groups is 1. The summed E-state index contributed by atoms with van der Waals surface area (Å²) in [5.74, 6) is -0.0119. The zero-order valence-corrected chi connectivity index (χ0v) is 14.7. The normalized spacial score (nSPS) is 11.2. The van der Waals surface area contributed by atoms with Crippen molar-refractivity contribution >= 4 is 51.0 Å². The lowest BCUT2D eigenvalue weighted by molar-refractivity contribution is 0.0735. The van der Waals surface area contributed by atoms with Gasteiger partial charge in [0.15, 0.2) is 0 Å². The number of aromatic nitrogens is 2. The topological polar surface area (TPSA) is 55.0 Å². The third-order valence-corrected chi connectivity index (χ3v) is 4.57.